The summed E-state index contributed by atoms with van der Waals surface area (Å²) in [5.41, 5.74) is 7.82. The van der Waals surface area contributed by atoms with Crippen LogP contribution in [-0.2, 0) is 39.8 Å². The molecule has 0 spiro atoms. The van der Waals surface area contributed by atoms with Crippen molar-refractivity contribution in [2.45, 2.75) is 108 Å². The number of carbonyl (C=O) groups is 4. The second-order valence-electron chi connectivity index (χ2n) is 21.4. The van der Waals surface area contributed by atoms with Crippen molar-refractivity contribution in [2.75, 3.05) is 80.0 Å². The number of hydrogen-bond donors (Lipinski definition) is 4. The lowest BCUT2D eigenvalue weighted by atomic mass is 9.83. The Morgan fingerprint density at radius 2 is 1.35 bits per heavy atom. The molecule has 3 aliphatic rings. The zero-order valence-corrected chi connectivity index (χ0v) is 48.2. The Kier molecular flexibility index (Phi) is 23.2. The summed E-state index contributed by atoms with van der Waals surface area (Å²) >= 11 is 0. The summed E-state index contributed by atoms with van der Waals surface area (Å²) in [6.45, 7) is 6.59. The van der Waals surface area contributed by atoms with E-state index in [0.717, 1.165) is 85.6 Å². The fourth-order valence-electron chi connectivity index (χ4n) is 11.2. The van der Waals surface area contributed by atoms with Gasteiger partial charge in [0.25, 0.3) is 0 Å². The summed E-state index contributed by atoms with van der Waals surface area (Å²) in [5.74, 6) is 1.15. The first-order chi connectivity index (χ1) is 40.0. The van der Waals surface area contributed by atoms with Gasteiger partial charge in [0, 0.05) is 19.5 Å². The lowest BCUT2D eigenvalue weighted by Crippen LogP contribution is -2.58. The SMILES string of the molecule is CC/C(=C(\c1ccc(O)cc1)c1ccc(OCCN(C)C(=O)COCCOCCOCCOc2cccc(O[C@@H]3C[C@@H](C(=O)N[C@@H]4CCCc5ccccc54)N(C(=O)[C@@H](NC(=O)[C@H](C)NC)C4CCCCC4)C3)c2)cc1)c1ccccc1. The highest BCUT2D eigenvalue weighted by atomic mass is 16.6. The lowest BCUT2D eigenvalue weighted by Gasteiger charge is -2.35. The normalized spacial score (nSPS) is 18.1. The average Bonchev–Trinajstić information content (AvgIpc) is 4.16. The number of nitrogens with zero attached hydrogens (tertiary/aromatic N) is 2. The van der Waals surface area contributed by atoms with Gasteiger partial charge in [-0.3, -0.25) is 19.2 Å². The molecule has 0 bridgehead atoms. The van der Waals surface area contributed by atoms with Gasteiger partial charge in [0.05, 0.1) is 58.2 Å². The maximum atomic E-state index is 14.8. The minimum absolute atomic E-state index is 0.0278. The number of likely N-dealkylation sites (N-methyl/N-ethyl adjacent to an activating group) is 2. The Bertz CT molecular complexity index is 2860. The first kappa shape index (κ1) is 60.8. The topological polar surface area (TPSA) is 186 Å². The number of nitrogens with one attached hydrogen (secondary N) is 3. The van der Waals surface area contributed by atoms with Crippen LogP contribution in [0.15, 0.2) is 127 Å². The lowest BCUT2D eigenvalue weighted by molar-refractivity contribution is -0.143. The number of benzene rings is 5. The van der Waals surface area contributed by atoms with Gasteiger partial charge in [-0.1, -0.05) is 111 Å². The molecule has 16 heteroatoms. The maximum absolute atomic E-state index is 14.8. The Balaban J connectivity index is 0.731. The molecule has 4 amide bonds. The molecule has 1 aliphatic heterocycles. The van der Waals surface area contributed by atoms with Gasteiger partial charge in [0.2, 0.25) is 23.6 Å². The van der Waals surface area contributed by atoms with Crippen LogP contribution in [0.1, 0.15) is 105 Å². The Morgan fingerprint density at radius 3 is 2.07 bits per heavy atom. The highest BCUT2D eigenvalue weighted by molar-refractivity contribution is 5.99. The van der Waals surface area contributed by atoms with Gasteiger partial charge in [-0.25, -0.2) is 0 Å². The van der Waals surface area contributed by atoms with Gasteiger partial charge in [-0.15, -0.1) is 0 Å². The number of aromatic hydroxyl groups is 1. The van der Waals surface area contributed by atoms with Crippen molar-refractivity contribution in [3.63, 3.8) is 0 Å². The van der Waals surface area contributed by atoms with Crippen molar-refractivity contribution in [3.05, 3.63) is 155 Å². The van der Waals surface area contributed by atoms with E-state index in [1.165, 1.54) is 11.1 Å². The van der Waals surface area contributed by atoms with Crippen LogP contribution in [0.2, 0.25) is 0 Å². The number of amides is 4. The van der Waals surface area contributed by atoms with Crippen molar-refractivity contribution in [1.29, 1.82) is 0 Å². The molecule has 1 saturated carbocycles. The van der Waals surface area contributed by atoms with Gasteiger partial charge in [-0.2, -0.15) is 0 Å². The summed E-state index contributed by atoms with van der Waals surface area (Å²) < 4.78 is 35.6. The molecule has 16 nitrogen and oxygen atoms in total. The molecule has 438 valence electrons. The van der Waals surface area contributed by atoms with E-state index in [4.69, 9.17) is 28.4 Å². The van der Waals surface area contributed by atoms with Crippen LogP contribution < -0.4 is 30.2 Å². The smallest absolute Gasteiger partial charge is 0.248 e. The summed E-state index contributed by atoms with van der Waals surface area (Å²) in [5, 5.41) is 19.4. The minimum Gasteiger partial charge on any atom is -0.508 e. The van der Waals surface area contributed by atoms with Gasteiger partial charge in [-0.05, 0) is 134 Å². The van der Waals surface area contributed by atoms with Crippen LogP contribution in [-0.4, -0.2) is 143 Å². The Hall–Kier alpha value is -7.24. The molecule has 0 radical (unpaired) electrons. The van der Waals surface area contributed by atoms with Crippen molar-refractivity contribution in [1.82, 2.24) is 25.8 Å². The Morgan fingerprint density at radius 1 is 0.695 bits per heavy atom. The molecule has 0 unspecified atom stereocenters. The summed E-state index contributed by atoms with van der Waals surface area (Å²) in [6, 6.07) is 38.9. The first-order valence-corrected chi connectivity index (χ1v) is 29.3. The number of ether oxygens (including phenoxy) is 6. The van der Waals surface area contributed by atoms with E-state index in [2.05, 4.69) is 47.1 Å². The number of likely N-dealkylation sites (tertiary alicyclic amines) is 1. The van der Waals surface area contributed by atoms with E-state index in [9.17, 15) is 24.3 Å². The third-order valence-electron chi connectivity index (χ3n) is 15.8. The monoisotopic (exact) mass is 1120 g/mol. The number of fused-ring (bicyclic) bond motifs is 1. The van der Waals surface area contributed by atoms with Crippen molar-refractivity contribution >= 4 is 34.8 Å². The standard InChI is InChI=1S/C66H83N5O11/c1-5-57(47-16-8-6-9-17-47)62(49-26-30-52(72)31-27-49)50-28-32-53(33-29-50)80-35-34-70(4)61(73)45-79-39-38-77-36-37-78-40-41-81-54-22-15-23-55(42-54)82-56-43-60(65(75)68-59-25-14-21-48-18-12-13-24-58(48)59)71(44-56)66(76)63(51-19-10-7-11-20-51)69-64(74)46(2)67-3/h6,8-9,12-13,15-18,22-24,26-33,42,46,51,56,59-60,63,67,72H,5,7,10-11,14,19-21,25,34-41,43-45H2,1-4H3,(H,68,75)(H,69,74)/b62-57-/t46-,56+,59+,60-,63-/m0/s1. The highest BCUT2D eigenvalue weighted by Gasteiger charge is 2.45. The Labute approximate surface area is 483 Å². The summed E-state index contributed by atoms with van der Waals surface area (Å²) in [4.78, 5) is 58.5. The summed E-state index contributed by atoms with van der Waals surface area (Å²) in [6.07, 6.45) is 8.10. The van der Waals surface area contributed by atoms with Gasteiger partial charge < -0.3 is 59.3 Å². The van der Waals surface area contributed by atoms with Crippen LogP contribution in [0.5, 0.6) is 23.0 Å². The number of hydrogen-bond acceptors (Lipinski definition) is 12. The molecule has 82 heavy (non-hydrogen) atoms. The number of phenols is 1. The molecule has 2 aliphatic carbocycles. The molecular formula is C66H83N5O11. The van der Waals surface area contributed by atoms with E-state index in [1.54, 1.807) is 49.0 Å². The van der Waals surface area contributed by atoms with E-state index in [-0.39, 0.29) is 67.7 Å². The average molecular weight is 1120 g/mol. The maximum Gasteiger partial charge on any atom is 0.248 e. The molecule has 1 saturated heterocycles. The number of carbonyl (C=O) groups excluding carboxylic acids is 4. The molecule has 0 aromatic heterocycles. The molecule has 5 aromatic rings. The highest BCUT2D eigenvalue weighted by Crippen LogP contribution is 2.37. The van der Waals surface area contributed by atoms with Crippen LogP contribution in [0.4, 0.5) is 0 Å². The van der Waals surface area contributed by atoms with Crippen LogP contribution in [0.25, 0.3) is 11.1 Å². The van der Waals surface area contributed by atoms with Crippen molar-refractivity contribution in [3.8, 4) is 23.0 Å². The quantitative estimate of drug-likeness (QED) is 0.0264. The second-order valence-corrected chi connectivity index (χ2v) is 21.4. The second kappa shape index (κ2) is 31.3. The van der Waals surface area contributed by atoms with E-state index < -0.39 is 24.2 Å². The van der Waals surface area contributed by atoms with Crippen LogP contribution in [0, 0.1) is 5.92 Å². The third-order valence-corrected chi connectivity index (χ3v) is 15.8. The number of phenolic OH excluding ortho intramolecular Hbond substituents is 1. The fraction of sp³-hybridized carbons (Fsp3) is 0.455. The van der Waals surface area contributed by atoms with Crippen LogP contribution in [0.3, 0.4) is 0 Å². The number of aryl methyl sites for hydroxylation is 1. The molecule has 5 atom stereocenters. The molecule has 5 aromatic carbocycles. The molecule has 2 fully saturated rings. The third kappa shape index (κ3) is 17.2. The van der Waals surface area contributed by atoms with Gasteiger partial charge >= 0.3 is 0 Å². The predicted molar refractivity (Wildman–Crippen MR) is 317 cm³/mol. The fourth-order valence-corrected chi connectivity index (χ4v) is 11.2. The molecular weight excluding hydrogens is 1040 g/mol. The summed E-state index contributed by atoms with van der Waals surface area (Å²) in [7, 11) is 3.44. The van der Waals surface area contributed by atoms with Crippen molar-refractivity contribution < 1.29 is 52.7 Å². The van der Waals surface area contributed by atoms with E-state index in [1.807, 2.05) is 84.9 Å². The van der Waals surface area contributed by atoms with Gasteiger partial charge in [0.15, 0.2) is 0 Å². The molecule has 8 rings (SSSR count). The molecule has 1 heterocycles. The molecule has 4 N–H and O–H groups in total. The van der Waals surface area contributed by atoms with E-state index in [0.29, 0.717) is 63.2 Å². The van der Waals surface area contributed by atoms with Crippen LogP contribution >= 0.6 is 0 Å². The largest absolute Gasteiger partial charge is 0.508 e. The minimum atomic E-state index is -0.784. The number of allylic oxidation sites excluding steroid dienone is 1. The van der Waals surface area contributed by atoms with E-state index >= 15 is 0 Å². The number of rotatable bonds is 29. The van der Waals surface area contributed by atoms with Crippen molar-refractivity contribution in [2.24, 2.45) is 5.92 Å². The predicted octanol–water partition coefficient (Wildman–Crippen LogP) is 8.94. The van der Waals surface area contributed by atoms with Gasteiger partial charge in [0.1, 0.15) is 61.0 Å². The zero-order chi connectivity index (χ0) is 57.6. The first-order valence-electron chi connectivity index (χ1n) is 29.3. The zero-order valence-electron chi connectivity index (χ0n) is 48.2.